The van der Waals surface area contributed by atoms with Gasteiger partial charge in [0.2, 0.25) is 5.82 Å². The molecule has 0 unspecified atom stereocenters. The molecule has 0 radical (unpaired) electrons. The molecule has 5 aromatic rings. The second-order valence-corrected chi connectivity index (χ2v) is 13.8. The highest BCUT2D eigenvalue weighted by Crippen LogP contribution is 2.36. The van der Waals surface area contributed by atoms with Gasteiger partial charge in [-0.2, -0.15) is 10.2 Å². The van der Waals surface area contributed by atoms with Crippen molar-refractivity contribution < 1.29 is 18.0 Å². The van der Waals surface area contributed by atoms with Crippen LogP contribution < -0.4 is 0 Å². The predicted octanol–water partition coefficient (Wildman–Crippen LogP) is 4.38. The van der Waals surface area contributed by atoms with Crippen molar-refractivity contribution in [1.29, 1.82) is 0 Å². The molecule has 2 fully saturated rings. The van der Waals surface area contributed by atoms with E-state index >= 15 is 0 Å². The van der Waals surface area contributed by atoms with Crippen LogP contribution in [0.5, 0.6) is 0 Å². The van der Waals surface area contributed by atoms with Crippen LogP contribution in [-0.4, -0.2) is 78.6 Å². The number of nitrogens with zero attached hydrogens (tertiary/aromatic N) is 7. The molecule has 228 valence electrons. The maximum atomic E-state index is 12.8. The number of piperidine rings is 1. The number of benzene rings is 1. The SMILES string of the molecule is C=C(C)c1c(C=O)c(C2CCN(C(=O)c3ncn[nH]3)CC2)nc2c(-c3ccc(-c4ccc(S(=O)(=O)C5CC5)cc4)nc3)cnn12. The molecule has 0 bridgehead atoms. The van der Waals surface area contributed by atoms with Gasteiger partial charge in [-0.15, -0.1) is 0 Å². The molecule has 1 amide bonds. The Kier molecular flexibility index (Phi) is 7.11. The zero-order chi connectivity index (χ0) is 31.3. The van der Waals surface area contributed by atoms with Crippen LogP contribution >= 0.6 is 0 Å². The van der Waals surface area contributed by atoms with E-state index in [9.17, 15) is 18.0 Å². The lowest BCUT2D eigenvalue weighted by Crippen LogP contribution is -2.38. The fourth-order valence-electron chi connectivity index (χ4n) is 5.99. The average Bonchev–Trinajstić information content (AvgIpc) is 3.63. The van der Waals surface area contributed by atoms with Gasteiger partial charge in [-0.05, 0) is 56.4 Å². The van der Waals surface area contributed by atoms with E-state index in [0.29, 0.717) is 64.7 Å². The molecule has 1 saturated carbocycles. The number of fused-ring (bicyclic) bond motifs is 1. The van der Waals surface area contributed by atoms with E-state index < -0.39 is 9.84 Å². The molecule has 1 N–H and O–H groups in total. The van der Waals surface area contributed by atoms with Gasteiger partial charge in [0.1, 0.15) is 6.33 Å². The summed E-state index contributed by atoms with van der Waals surface area (Å²) in [7, 11) is -3.25. The molecule has 45 heavy (non-hydrogen) atoms. The van der Waals surface area contributed by atoms with E-state index in [-0.39, 0.29) is 22.9 Å². The molecule has 7 rings (SSSR count). The summed E-state index contributed by atoms with van der Waals surface area (Å²) < 4.78 is 26.8. The number of sulfone groups is 1. The molecule has 2 aliphatic rings. The number of rotatable bonds is 8. The number of likely N-dealkylation sites (tertiary alicyclic amines) is 1. The van der Waals surface area contributed by atoms with E-state index in [2.05, 4.69) is 31.8 Å². The highest BCUT2D eigenvalue weighted by Gasteiger charge is 2.36. The standard InChI is InChI=1S/C32H30N8O4S/c1-19(2)29-26(17-41)28(21-11-13-39(14-12-21)32(42)30-34-18-35-38-30)37-31-25(16-36-40(29)31)22-5-10-27(33-15-22)20-3-6-23(7-4-20)45(43,44)24-8-9-24/h3-7,10,15-18,21,24H,1,8-9,11-14H2,2H3,(H,34,35,38). The predicted molar refractivity (Wildman–Crippen MR) is 166 cm³/mol. The van der Waals surface area contributed by atoms with E-state index in [1.807, 2.05) is 19.1 Å². The van der Waals surface area contributed by atoms with Crippen LogP contribution in [0, 0.1) is 0 Å². The van der Waals surface area contributed by atoms with Crippen LogP contribution in [0.25, 0.3) is 33.6 Å². The number of nitrogens with one attached hydrogen (secondary N) is 1. The molecule has 4 aromatic heterocycles. The minimum Gasteiger partial charge on any atom is -0.336 e. The number of H-pyrrole nitrogens is 1. The summed E-state index contributed by atoms with van der Waals surface area (Å²) in [6, 6.07) is 10.7. The maximum absolute atomic E-state index is 12.8. The molecule has 12 nitrogen and oxygen atoms in total. The Morgan fingerprint density at radius 1 is 1.00 bits per heavy atom. The molecule has 13 heteroatoms. The summed E-state index contributed by atoms with van der Waals surface area (Å²) in [5.74, 6) is -0.0592. The van der Waals surface area contributed by atoms with Crippen molar-refractivity contribution >= 4 is 33.3 Å². The van der Waals surface area contributed by atoms with E-state index in [1.54, 1.807) is 46.1 Å². The van der Waals surface area contributed by atoms with E-state index in [4.69, 9.17) is 4.98 Å². The lowest BCUT2D eigenvalue weighted by atomic mass is 9.89. The lowest BCUT2D eigenvalue weighted by Gasteiger charge is -2.32. The van der Waals surface area contributed by atoms with Gasteiger partial charge in [0.05, 0.1) is 39.0 Å². The third kappa shape index (κ3) is 5.12. The summed E-state index contributed by atoms with van der Waals surface area (Å²) in [6.45, 7) is 6.94. The molecule has 5 heterocycles. The quantitative estimate of drug-likeness (QED) is 0.248. The van der Waals surface area contributed by atoms with Gasteiger partial charge in [0.25, 0.3) is 5.91 Å². The Hall–Kier alpha value is -5.04. The molecule has 1 aliphatic carbocycles. The monoisotopic (exact) mass is 622 g/mol. The highest BCUT2D eigenvalue weighted by atomic mass is 32.2. The lowest BCUT2D eigenvalue weighted by molar-refractivity contribution is 0.0699. The van der Waals surface area contributed by atoms with Crippen LogP contribution in [0.15, 0.2) is 66.6 Å². The van der Waals surface area contributed by atoms with Crippen molar-refractivity contribution in [1.82, 2.24) is 39.7 Å². The maximum Gasteiger partial charge on any atom is 0.291 e. The molecule has 0 spiro atoms. The number of aromatic amines is 1. The van der Waals surface area contributed by atoms with Crippen molar-refractivity contribution in [3.63, 3.8) is 0 Å². The summed E-state index contributed by atoms with van der Waals surface area (Å²) in [5.41, 5.74) is 6.03. The number of allylic oxidation sites excluding steroid dienone is 1. The Morgan fingerprint density at radius 2 is 1.73 bits per heavy atom. The summed E-state index contributed by atoms with van der Waals surface area (Å²) >= 11 is 0. The Bertz CT molecular complexity index is 2040. The smallest absolute Gasteiger partial charge is 0.291 e. The number of amides is 1. The topological polar surface area (TPSA) is 156 Å². The molecule has 1 aliphatic heterocycles. The van der Waals surface area contributed by atoms with Gasteiger partial charge in [-0.25, -0.2) is 22.9 Å². The Labute approximate surface area is 259 Å². The van der Waals surface area contributed by atoms with Crippen molar-refractivity contribution in [2.45, 2.75) is 48.7 Å². The van der Waals surface area contributed by atoms with Crippen LogP contribution in [0.4, 0.5) is 0 Å². The number of aromatic nitrogens is 7. The van der Waals surface area contributed by atoms with Crippen LogP contribution in [-0.2, 0) is 9.84 Å². The Balaban J connectivity index is 1.19. The highest BCUT2D eigenvalue weighted by molar-refractivity contribution is 7.92. The first kappa shape index (κ1) is 28.7. The van der Waals surface area contributed by atoms with Crippen molar-refractivity contribution in [3.8, 4) is 22.4 Å². The van der Waals surface area contributed by atoms with Gasteiger partial charge in [-0.1, -0.05) is 24.8 Å². The number of carbonyl (C=O) groups excluding carboxylic acids is 2. The fraction of sp³-hybridized carbons (Fsp3) is 0.281. The van der Waals surface area contributed by atoms with E-state index in [0.717, 1.165) is 35.8 Å². The van der Waals surface area contributed by atoms with Gasteiger partial charge < -0.3 is 4.90 Å². The number of pyridine rings is 1. The molecule has 0 atom stereocenters. The largest absolute Gasteiger partial charge is 0.336 e. The van der Waals surface area contributed by atoms with Crippen LogP contribution in [0.3, 0.4) is 0 Å². The zero-order valence-electron chi connectivity index (χ0n) is 24.5. The van der Waals surface area contributed by atoms with Crippen molar-refractivity contribution in [3.05, 3.63) is 84.5 Å². The van der Waals surface area contributed by atoms with E-state index in [1.165, 1.54) is 6.33 Å². The Morgan fingerprint density at radius 3 is 2.33 bits per heavy atom. The van der Waals surface area contributed by atoms with Gasteiger partial charge >= 0.3 is 0 Å². The summed E-state index contributed by atoms with van der Waals surface area (Å²) in [6.07, 6.45) is 8.27. The van der Waals surface area contributed by atoms with Gasteiger partial charge in [0.15, 0.2) is 21.8 Å². The number of aldehydes is 1. The first-order valence-electron chi connectivity index (χ1n) is 14.7. The zero-order valence-corrected chi connectivity index (χ0v) is 25.4. The van der Waals surface area contributed by atoms with Crippen molar-refractivity contribution in [2.24, 2.45) is 0 Å². The fourth-order valence-corrected chi connectivity index (χ4v) is 7.65. The number of hydrogen-bond donors (Lipinski definition) is 1. The first-order chi connectivity index (χ1) is 21.8. The third-order valence-corrected chi connectivity index (χ3v) is 10.8. The first-order valence-corrected chi connectivity index (χ1v) is 16.3. The minimum atomic E-state index is -3.25. The summed E-state index contributed by atoms with van der Waals surface area (Å²) in [4.78, 5) is 41.0. The molecular formula is C32H30N8O4S. The molecular weight excluding hydrogens is 592 g/mol. The van der Waals surface area contributed by atoms with Crippen LogP contribution in [0.2, 0.25) is 0 Å². The average molecular weight is 623 g/mol. The third-order valence-electron chi connectivity index (χ3n) is 8.54. The van der Waals surface area contributed by atoms with Gasteiger partial charge in [-0.3, -0.25) is 19.7 Å². The normalized spacial score (nSPS) is 15.8. The number of hydrogen-bond acceptors (Lipinski definition) is 9. The van der Waals surface area contributed by atoms with Crippen LogP contribution in [0.1, 0.15) is 70.9 Å². The molecule has 1 aromatic carbocycles. The number of carbonyl (C=O) groups is 2. The second-order valence-electron chi connectivity index (χ2n) is 11.6. The second kappa shape index (κ2) is 11.1. The van der Waals surface area contributed by atoms with Crippen molar-refractivity contribution in [2.75, 3.05) is 13.1 Å². The summed E-state index contributed by atoms with van der Waals surface area (Å²) in [5, 5.41) is 10.7. The molecule has 1 saturated heterocycles. The van der Waals surface area contributed by atoms with Gasteiger partial charge in [0, 0.05) is 41.9 Å². The minimum absolute atomic E-state index is 0.0537.